The lowest BCUT2D eigenvalue weighted by Gasteiger charge is -2.05. The van der Waals surface area contributed by atoms with Crippen molar-refractivity contribution in [3.8, 4) is 0 Å². The van der Waals surface area contributed by atoms with Crippen LogP contribution in [-0.4, -0.2) is 10.5 Å². The van der Waals surface area contributed by atoms with E-state index >= 15 is 0 Å². The van der Waals surface area contributed by atoms with Crippen molar-refractivity contribution in [2.45, 2.75) is 6.92 Å². The highest BCUT2D eigenvalue weighted by molar-refractivity contribution is 5.93. The highest BCUT2D eigenvalue weighted by atomic mass is 35.5. The average molecular weight is 203 g/mol. The summed E-state index contributed by atoms with van der Waals surface area (Å²) >= 11 is 0. The van der Waals surface area contributed by atoms with E-state index in [1.165, 1.54) is 16.7 Å². The van der Waals surface area contributed by atoms with Crippen molar-refractivity contribution in [3.63, 3.8) is 0 Å². The van der Waals surface area contributed by atoms with Gasteiger partial charge in [0.2, 0.25) is 11.5 Å². The molecule has 1 aromatic heterocycles. The van der Waals surface area contributed by atoms with E-state index in [0.717, 1.165) is 0 Å². The van der Waals surface area contributed by atoms with Crippen LogP contribution in [0.15, 0.2) is 16.9 Å². The van der Waals surface area contributed by atoms with Crippen LogP contribution in [0.25, 0.3) is 0 Å². The predicted octanol–water partition coefficient (Wildman–Crippen LogP) is 0.214. The van der Waals surface area contributed by atoms with Crippen LogP contribution < -0.4 is 11.3 Å². The largest absolute Gasteiger partial charge is 0.366 e. The summed E-state index contributed by atoms with van der Waals surface area (Å²) in [6.07, 6.45) is 0. The summed E-state index contributed by atoms with van der Waals surface area (Å²) in [5, 5.41) is 0. The van der Waals surface area contributed by atoms with E-state index in [4.69, 9.17) is 5.73 Å². The number of pyridine rings is 1. The Kier molecular flexibility index (Phi) is 3.69. The number of nitrogens with zero attached hydrogens (tertiary/aromatic N) is 1. The van der Waals surface area contributed by atoms with Gasteiger partial charge in [0.25, 0.3) is 0 Å². The van der Waals surface area contributed by atoms with Gasteiger partial charge in [-0.25, -0.2) is 0 Å². The highest BCUT2D eigenvalue weighted by Crippen LogP contribution is 2.01. The minimum atomic E-state index is -0.511. The first-order valence-electron chi connectivity index (χ1n) is 3.50. The molecule has 1 rings (SSSR count). The molecular formula is C8H11ClN2O2. The first-order chi connectivity index (χ1) is 5.54. The maximum absolute atomic E-state index is 11.0. The third kappa shape index (κ3) is 2.09. The Morgan fingerprint density at radius 3 is 2.46 bits per heavy atom. The summed E-state index contributed by atoms with van der Waals surface area (Å²) in [4.78, 5) is 21.8. The van der Waals surface area contributed by atoms with Crippen molar-refractivity contribution < 1.29 is 4.79 Å². The average Bonchev–Trinajstić information content (AvgIpc) is 2.00. The Morgan fingerprint density at radius 1 is 1.46 bits per heavy atom. The Bertz CT molecular complexity index is 384. The molecule has 0 bridgehead atoms. The molecule has 0 aliphatic carbocycles. The smallest absolute Gasteiger partial charge is 0.250 e. The fraction of sp³-hybridized carbons (Fsp3) is 0.250. The monoisotopic (exact) mass is 202 g/mol. The summed E-state index contributed by atoms with van der Waals surface area (Å²) in [7, 11) is 1.60. The molecule has 0 unspecified atom stereocenters. The zero-order chi connectivity index (χ0) is 9.30. The van der Waals surface area contributed by atoms with Gasteiger partial charge in [-0.3, -0.25) is 9.59 Å². The number of rotatable bonds is 1. The molecule has 0 saturated heterocycles. The number of nitrogens with two attached hydrogens (primary N) is 1. The van der Waals surface area contributed by atoms with Crippen LogP contribution in [0.3, 0.4) is 0 Å². The first kappa shape index (κ1) is 11.7. The third-order valence-electron chi connectivity index (χ3n) is 1.88. The van der Waals surface area contributed by atoms with Crippen molar-refractivity contribution in [3.05, 3.63) is 33.7 Å². The van der Waals surface area contributed by atoms with E-state index < -0.39 is 5.91 Å². The molecule has 0 saturated carbocycles. The lowest BCUT2D eigenvalue weighted by Crippen LogP contribution is -2.23. The normalized spacial score (nSPS) is 9.08. The summed E-state index contributed by atoms with van der Waals surface area (Å²) in [6.45, 7) is 1.68. The summed E-state index contributed by atoms with van der Waals surface area (Å²) in [5.74, 6) is -0.511. The zero-order valence-corrected chi connectivity index (χ0v) is 8.22. The summed E-state index contributed by atoms with van der Waals surface area (Å²) in [5.41, 5.74) is 5.92. The van der Waals surface area contributed by atoms with Crippen molar-refractivity contribution in [2.75, 3.05) is 0 Å². The second-order valence-electron chi connectivity index (χ2n) is 2.59. The minimum Gasteiger partial charge on any atom is -0.366 e. The Hall–Kier alpha value is -1.29. The second kappa shape index (κ2) is 4.09. The number of carbonyl (C=O) groups excluding carboxylic acids is 1. The molecule has 0 spiro atoms. The quantitative estimate of drug-likeness (QED) is 0.708. The molecule has 1 heterocycles. The van der Waals surface area contributed by atoms with Crippen molar-refractivity contribution in [1.29, 1.82) is 0 Å². The van der Waals surface area contributed by atoms with Gasteiger partial charge in [0.1, 0.15) is 0 Å². The van der Waals surface area contributed by atoms with Gasteiger partial charge < -0.3 is 10.3 Å². The topological polar surface area (TPSA) is 65.1 Å². The van der Waals surface area contributed by atoms with E-state index in [9.17, 15) is 9.59 Å². The zero-order valence-electron chi connectivity index (χ0n) is 7.40. The SMILES string of the molecule is Cc1c(C(N)=O)ccc(=O)n1C.Cl. The molecular weight excluding hydrogens is 192 g/mol. The van der Waals surface area contributed by atoms with Gasteiger partial charge in [-0.05, 0) is 13.0 Å². The van der Waals surface area contributed by atoms with Crippen molar-refractivity contribution in [2.24, 2.45) is 12.8 Å². The lowest BCUT2D eigenvalue weighted by molar-refractivity contribution is 0.0999. The van der Waals surface area contributed by atoms with E-state index in [0.29, 0.717) is 11.3 Å². The number of amides is 1. The Balaban J connectivity index is 0.00000144. The van der Waals surface area contributed by atoms with Gasteiger partial charge in [-0.2, -0.15) is 0 Å². The van der Waals surface area contributed by atoms with Crippen LogP contribution in [0.5, 0.6) is 0 Å². The summed E-state index contributed by atoms with van der Waals surface area (Å²) < 4.78 is 1.39. The van der Waals surface area contributed by atoms with Gasteiger partial charge in [0.05, 0.1) is 5.56 Å². The molecule has 0 aliphatic rings. The number of halogens is 1. The van der Waals surface area contributed by atoms with Gasteiger partial charge in [-0.15, -0.1) is 12.4 Å². The van der Waals surface area contributed by atoms with E-state index in [1.807, 2.05) is 0 Å². The maximum atomic E-state index is 11.0. The molecule has 5 heteroatoms. The Morgan fingerprint density at radius 2 is 2.00 bits per heavy atom. The number of hydrogen-bond donors (Lipinski definition) is 1. The first-order valence-corrected chi connectivity index (χ1v) is 3.50. The molecule has 13 heavy (non-hydrogen) atoms. The number of carbonyl (C=O) groups is 1. The second-order valence-corrected chi connectivity index (χ2v) is 2.59. The van der Waals surface area contributed by atoms with Crippen molar-refractivity contribution in [1.82, 2.24) is 4.57 Å². The fourth-order valence-electron chi connectivity index (χ4n) is 0.993. The van der Waals surface area contributed by atoms with Gasteiger partial charge in [-0.1, -0.05) is 0 Å². The number of primary amides is 1. The van der Waals surface area contributed by atoms with Crippen LogP contribution in [0.1, 0.15) is 16.1 Å². The van der Waals surface area contributed by atoms with Crippen LogP contribution >= 0.6 is 12.4 Å². The molecule has 2 N–H and O–H groups in total. The van der Waals surface area contributed by atoms with Crippen molar-refractivity contribution >= 4 is 18.3 Å². The van der Waals surface area contributed by atoms with E-state index in [2.05, 4.69) is 0 Å². The molecule has 1 amide bonds. The van der Waals surface area contributed by atoms with Crippen LogP contribution in [0.2, 0.25) is 0 Å². The molecule has 0 aromatic carbocycles. The molecule has 0 radical (unpaired) electrons. The lowest BCUT2D eigenvalue weighted by atomic mass is 10.2. The highest BCUT2D eigenvalue weighted by Gasteiger charge is 2.06. The number of aromatic nitrogens is 1. The van der Waals surface area contributed by atoms with Gasteiger partial charge in [0.15, 0.2) is 0 Å². The molecule has 0 aliphatic heterocycles. The van der Waals surface area contributed by atoms with E-state index in [-0.39, 0.29) is 18.0 Å². The van der Waals surface area contributed by atoms with Gasteiger partial charge in [0, 0.05) is 18.8 Å². The molecule has 4 nitrogen and oxygen atoms in total. The third-order valence-corrected chi connectivity index (χ3v) is 1.88. The maximum Gasteiger partial charge on any atom is 0.250 e. The standard InChI is InChI=1S/C8H10N2O2.ClH/c1-5-6(8(9)12)3-4-7(11)10(5)2;/h3-4H,1-2H3,(H2,9,12);1H. The van der Waals surface area contributed by atoms with Crippen LogP contribution in [-0.2, 0) is 7.05 Å². The molecule has 0 fully saturated rings. The van der Waals surface area contributed by atoms with Crippen LogP contribution in [0, 0.1) is 6.92 Å². The van der Waals surface area contributed by atoms with Gasteiger partial charge >= 0.3 is 0 Å². The number of hydrogen-bond acceptors (Lipinski definition) is 2. The molecule has 1 aromatic rings. The summed E-state index contributed by atoms with van der Waals surface area (Å²) in [6, 6.07) is 2.77. The molecule has 0 atom stereocenters. The van der Waals surface area contributed by atoms with E-state index in [1.54, 1.807) is 14.0 Å². The Labute approximate surface area is 81.8 Å². The van der Waals surface area contributed by atoms with Crippen LogP contribution in [0.4, 0.5) is 0 Å². The predicted molar refractivity (Wildman–Crippen MR) is 52.2 cm³/mol. The minimum absolute atomic E-state index is 0. The fourth-order valence-corrected chi connectivity index (χ4v) is 0.993. The molecule has 72 valence electrons.